The number of nitrogens with zero attached hydrogens (tertiary/aromatic N) is 4. The molecule has 2 aromatic rings. The van der Waals surface area contributed by atoms with Gasteiger partial charge in [-0.2, -0.15) is 0 Å². The third kappa shape index (κ3) is 7.00. The van der Waals surface area contributed by atoms with E-state index in [0.29, 0.717) is 69.1 Å². The molecule has 0 atom stereocenters. The Balaban J connectivity index is 1.02. The fraction of sp³-hybridized carbons (Fsp3) is 0.333. The van der Waals surface area contributed by atoms with E-state index in [1.165, 1.54) is 45.8 Å². The maximum absolute atomic E-state index is 12.8. The zero-order valence-electron chi connectivity index (χ0n) is 21.9. The summed E-state index contributed by atoms with van der Waals surface area (Å²) in [4.78, 5) is 58.4. The highest BCUT2D eigenvalue weighted by atomic mass is 32.2. The van der Waals surface area contributed by atoms with Crippen LogP contribution in [0, 0.1) is 0 Å². The topological polar surface area (TPSA) is 108 Å². The molecular weight excluding hydrogens is 605 g/mol. The number of piperazine rings is 1. The minimum Gasteiger partial charge on any atom is -0.465 e. The Hall–Kier alpha value is -3.20. The number of carbonyl (C=O) groups is 4. The van der Waals surface area contributed by atoms with Gasteiger partial charge in [0.2, 0.25) is 11.8 Å². The van der Waals surface area contributed by atoms with Crippen molar-refractivity contribution in [3.63, 3.8) is 0 Å². The molecule has 0 saturated carbocycles. The molecule has 0 spiro atoms. The Morgan fingerprint density at radius 1 is 0.756 bits per heavy atom. The molecule has 3 saturated heterocycles. The van der Waals surface area contributed by atoms with Gasteiger partial charge >= 0.3 is 0 Å². The summed E-state index contributed by atoms with van der Waals surface area (Å²) in [5.74, 6) is 0.619. The van der Waals surface area contributed by atoms with E-state index in [4.69, 9.17) is 33.3 Å². The minimum absolute atomic E-state index is 0.0189. The maximum Gasteiger partial charge on any atom is 0.266 e. The number of rotatable bonds is 9. The molecule has 214 valence electrons. The quantitative estimate of drug-likeness (QED) is 0.300. The summed E-state index contributed by atoms with van der Waals surface area (Å²) in [6.45, 7) is 2.28. The molecule has 41 heavy (non-hydrogen) atoms. The molecule has 14 heteroatoms. The summed E-state index contributed by atoms with van der Waals surface area (Å²) in [5.41, 5.74) is 0. The molecule has 5 heterocycles. The van der Waals surface area contributed by atoms with Gasteiger partial charge in [0.1, 0.15) is 20.2 Å². The molecule has 3 fully saturated rings. The van der Waals surface area contributed by atoms with Crippen molar-refractivity contribution < 1.29 is 28.0 Å². The van der Waals surface area contributed by atoms with Crippen molar-refractivity contribution in [2.75, 3.05) is 39.3 Å². The van der Waals surface area contributed by atoms with Crippen LogP contribution in [0.5, 0.6) is 0 Å². The first-order valence-electron chi connectivity index (χ1n) is 12.9. The lowest BCUT2D eigenvalue weighted by atomic mass is 10.2. The number of carbonyl (C=O) groups excluding carboxylic acids is 4. The standard InChI is InChI=1S/C27H26N4O6S4/c32-22(6-1-8-30-24(34)20(40-26(30)38)16-18-4-2-14-36-18)28-10-12-29(13-11-28)23(33)7-9-31-25(35)21(41-27(31)39)17-19-5-3-15-37-19/h2-5,14-17H,1,6-13H2/b20-16+,21-17+. The van der Waals surface area contributed by atoms with E-state index in [1.54, 1.807) is 46.2 Å². The van der Waals surface area contributed by atoms with E-state index in [-0.39, 0.29) is 43.0 Å². The van der Waals surface area contributed by atoms with Gasteiger partial charge in [-0.05, 0) is 30.7 Å². The molecule has 0 aromatic carbocycles. The van der Waals surface area contributed by atoms with Crippen molar-refractivity contribution in [3.8, 4) is 0 Å². The first-order valence-corrected chi connectivity index (χ1v) is 15.4. The van der Waals surface area contributed by atoms with Gasteiger partial charge in [0, 0.05) is 64.3 Å². The number of furan rings is 2. The largest absolute Gasteiger partial charge is 0.465 e. The Kier molecular flexibility index (Phi) is 9.42. The van der Waals surface area contributed by atoms with E-state index >= 15 is 0 Å². The van der Waals surface area contributed by atoms with Crippen LogP contribution in [0.25, 0.3) is 12.2 Å². The van der Waals surface area contributed by atoms with Gasteiger partial charge in [-0.1, -0.05) is 48.0 Å². The Morgan fingerprint density at radius 3 is 1.68 bits per heavy atom. The monoisotopic (exact) mass is 630 g/mol. The summed E-state index contributed by atoms with van der Waals surface area (Å²) >= 11 is 13.1. The highest BCUT2D eigenvalue weighted by Crippen LogP contribution is 2.34. The van der Waals surface area contributed by atoms with Crippen molar-refractivity contribution in [1.29, 1.82) is 0 Å². The number of hydrogen-bond acceptors (Lipinski definition) is 10. The number of hydrogen-bond donors (Lipinski definition) is 0. The van der Waals surface area contributed by atoms with E-state index < -0.39 is 0 Å². The predicted octanol–water partition coefficient (Wildman–Crippen LogP) is 3.82. The van der Waals surface area contributed by atoms with Gasteiger partial charge in [0.15, 0.2) is 0 Å². The molecule has 4 amide bonds. The van der Waals surface area contributed by atoms with Gasteiger partial charge in [-0.15, -0.1) is 0 Å². The van der Waals surface area contributed by atoms with Crippen LogP contribution in [0.2, 0.25) is 0 Å². The summed E-state index contributed by atoms with van der Waals surface area (Å²) in [6.07, 6.45) is 7.29. The molecule has 5 rings (SSSR count). The van der Waals surface area contributed by atoms with Crippen LogP contribution >= 0.6 is 48.0 Å². The zero-order chi connectivity index (χ0) is 28.9. The summed E-state index contributed by atoms with van der Waals surface area (Å²) in [5, 5.41) is 0. The Bertz CT molecular complexity index is 1410. The van der Waals surface area contributed by atoms with Crippen molar-refractivity contribution in [3.05, 3.63) is 58.1 Å². The molecule has 0 bridgehead atoms. The average Bonchev–Trinajstić information content (AvgIpc) is 3.76. The number of thiocarbonyl (C=S) groups is 2. The Morgan fingerprint density at radius 2 is 1.22 bits per heavy atom. The summed E-state index contributed by atoms with van der Waals surface area (Å²) in [6, 6.07) is 7.00. The predicted molar refractivity (Wildman–Crippen MR) is 164 cm³/mol. The highest BCUT2D eigenvalue weighted by Gasteiger charge is 2.34. The molecule has 3 aliphatic rings. The summed E-state index contributed by atoms with van der Waals surface area (Å²) < 4.78 is 11.4. The van der Waals surface area contributed by atoms with E-state index in [9.17, 15) is 19.2 Å². The van der Waals surface area contributed by atoms with Crippen LogP contribution in [0.4, 0.5) is 0 Å². The van der Waals surface area contributed by atoms with Gasteiger partial charge in [-0.3, -0.25) is 29.0 Å². The first kappa shape index (κ1) is 29.3. The molecule has 0 unspecified atom stereocenters. The van der Waals surface area contributed by atoms with Crippen molar-refractivity contribution in [2.24, 2.45) is 0 Å². The fourth-order valence-corrected chi connectivity index (χ4v) is 7.09. The van der Waals surface area contributed by atoms with Crippen molar-refractivity contribution >= 4 is 92.4 Å². The van der Waals surface area contributed by atoms with Crippen LogP contribution in [0.15, 0.2) is 55.4 Å². The SMILES string of the molecule is O=C(CCCN1C(=O)/C(=C\c2ccco2)SC1=S)N1CCN(C(=O)CCN2C(=O)/C(=C\c3ccco3)SC2=S)CC1. The Labute approximate surface area is 255 Å². The molecule has 0 aliphatic carbocycles. The maximum atomic E-state index is 12.8. The first-order chi connectivity index (χ1) is 19.8. The molecule has 10 nitrogen and oxygen atoms in total. The summed E-state index contributed by atoms with van der Waals surface area (Å²) in [7, 11) is 0. The minimum atomic E-state index is -0.237. The smallest absolute Gasteiger partial charge is 0.266 e. The second kappa shape index (κ2) is 13.2. The molecule has 3 aliphatic heterocycles. The number of amides is 4. The third-order valence-corrected chi connectivity index (χ3v) is 9.44. The van der Waals surface area contributed by atoms with E-state index in [0.717, 1.165) is 0 Å². The highest BCUT2D eigenvalue weighted by molar-refractivity contribution is 8.27. The molecule has 2 aromatic heterocycles. The normalized spacial score (nSPS) is 19.9. The van der Waals surface area contributed by atoms with Gasteiger partial charge in [0.25, 0.3) is 11.8 Å². The molecule has 0 N–H and O–H groups in total. The van der Waals surface area contributed by atoms with Crippen LogP contribution in [0.1, 0.15) is 30.8 Å². The third-order valence-electron chi connectivity index (χ3n) is 6.69. The zero-order valence-corrected chi connectivity index (χ0v) is 25.1. The van der Waals surface area contributed by atoms with Crippen molar-refractivity contribution in [2.45, 2.75) is 19.3 Å². The van der Waals surface area contributed by atoms with Crippen LogP contribution in [-0.2, 0) is 19.2 Å². The second-order valence-corrected chi connectivity index (χ2v) is 12.7. The van der Waals surface area contributed by atoms with E-state index in [1.807, 2.05) is 0 Å². The second-order valence-electron chi connectivity index (χ2n) is 9.31. The van der Waals surface area contributed by atoms with Gasteiger partial charge in [0.05, 0.1) is 22.3 Å². The molecular formula is C27H26N4O6S4. The lowest BCUT2D eigenvalue weighted by Gasteiger charge is -2.35. The van der Waals surface area contributed by atoms with E-state index in [2.05, 4.69) is 0 Å². The molecule has 0 radical (unpaired) electrons. The van der Waals surface area contributed by atoms with Crippen LogP contribution in [0.3, 0.4) is 0 Å². The van der Waals surface area contributed by atoms with Gasteiger partial charge < -0.3 is 18.6 Å². The number of thioether (sulfide) groups is 2. The average molecular weight is 631 g/mol. The van der Waals surface area contributed by atoms with Crippen LogP contribution in [-0.4, -0.2) is 91.1 Å². The van der Waals surface area contributed by atoms with Crippen LogP contribution < -0.4 is 0 Å². The lowest BCUT2D eigenvalue weighted by Crippen LogP contribution is -2.51. The lowest BCUT2D eigenvalue weighted by molar-refractivity contribution is -0.140. The fourth-order valence-electron chi connectivity index (χ4n) is 4.51. The van der Waals surface area contributed by atoms with Crippen molar-refractivity contribution in [1.82, 2.24) is 19.6 Å². The van der Waals surface area contributed by atoms with Gasteiger partial charge in [-0.25, -0.2) is 0 Å².